The van der Waals surface area contributed by atoms with Crippen molar-refractivity contribution in [3.63, 3.8) is 0 Å². The van der Waals surface area contributed by atoms with Gasteiger partial charge in [-0.05, 0) is 32.4 Å². The topological polar surface area (TPSA) is 37.8 Å². The van der Waals surface area contributed by atoms with Crippen LogP contribution in [0.5, 0.6) is 0 Å². The van der Waals surface area contributed by atoms with Crippen LogP contribution in [0.2, 0.25) is 5.02 Å². The van der Waals surface area contributed by atoms with E-state index < -0.39 is 5.82 Å². The van der Waals surface area contributed by atoms with Crippen molar-refractivity contribution >= 4 is 17.4 Å². The Balaban J connectivity index is 2.52. The summed E-state index contributed by atoms with van der Waals surface area (Å²) >= 11 is 5.81. The molecule has 106 valence electrons. The number of rotatable bonds is 4. The summed E-state index contributed by atoms with van der Waals surface area (Å²) in [4.78, 5) is 8.79. The molecule has 0 saturated carbocycles. The second-order valence-electron chi connectivity index (χ2n) is 4.63. The third kappa shape index (κ3) is 2.90. The van der Waals surface area contributed by atoms with Crippen LogP contribution in [-0.4, -0.2) is 16.5 Å². The molecule has 20 heavy (non-hydrogen) atoms. The van der Waals surface area contributed by atoms with Gasteiger partial charge in [0.2, 0.25) is 0 Å². The summed E-state index contributed by atoms with van der Waals surface area (Å²) < 4.78 is 14.1. The lowest BCUT2D eigenvalue weighted by molar-refractivity contribution is 0.630. The number of hydrogen-bond donors (Lipinski definition) is 1. The number of anilines is 1. The zero-order valence-corrected chi connectivity index (χ0v) is 12.6. The fourth-order valence-electron chi connectivity index (χ4n) is 1.84. The van der Waals surface area contributed by atoms with Gasteiger partial charge in [0.15, 0.2) is 11.6 Å². The number of nitrogens with zero attached hydrogens (tertiary/aromatic N) is 2. The monoisotopic (exact) mass is 293 g/mol. The van der Waals surface area contributed by atoms with Crippen LogP contribution < -0.4 is 5.32 Å². The van der Waals surface area contributed by atoms with E-state index in [9.17, 15) is 4.39 Å². The second kappa shape index (κ2) is 6.18. The van der Waals surface area contributed by atoms with Crippen LogP contribution in [0.4, 0.5) is 10.2 Å². The van der Waals surface area contributed by atoms with Crippen LogP contribution in [0.3, 0.4) is 0 Å². The lowest BCUT2D eigenvalue weighted by Crippen LogP contribution is -2.08. The van der Waals surface area contributed by atoms with Crippen LogP contribution in [-0.2, 0) is 0 Å². The van der Waals surface area contributed by atoms with Crippen molar-refractivity contribution in [2.45, 2.75) is 27.2 Å². The summed E-state index contributed by atoms with van der Waals surface area (Å²) in [6.07, 6.45) is 0.989. The highest BCUT2D eigenvalue weighted by Gasteiger charge is 2.14. The van der Waals surface area contributed by atoms with Gasteiger partial charge in [-0.3, -0.25) is 0 Å². The smallest absolute Gasteiger partial charge is 0.164 e. The molecule has 0 unspecified atom stereocenters. The van der Waals surface area contributed by atoms with Gasteiger partial charge in [0.1, 0.15) is 5.82 Å². The van der Waals surface area contributed by atoms with Gasteiger partial charge in [0, 0.05) is 17.8 Å². The van der Waals surface area contributed by atoms with Gasteiger partial charge in [-0.2, -0.15) is 0 Å². The summed E-state index contributed by atoms with van der Waals surface area (Å²) in [7, 11) is 0. The molecule has 0 spiro atoms. The highest BCUT2D eigenvalue weighted by Crippen LogP contribution is 2.27. The molecule has 0 aliphatic rings. The number of aryl methyl sites for hydroxylation is 1. The molecule has 1 heterocycles. The minimum absolute atomic E-state index is 0.0763. The number of halogens is 2. The molecule has 2 aromatic rings. The fourth-order valence-corrected chi connectivity index (χ4v) is 2.02. The highest BCUT2D eigenvalue weighted by molar-refractivity contribution is 6.31. The Hall–Kier alpha value is -1.68. The van der Waals surface area contributed by atoms with Crippen molar-refractivity contribution < 1.29 is 4.39 Å². The molecule has 0 atom stereocenters. The van der Waals surface area contributed by atoms with Crippen molar-refractivity contribution in [1.82, 2.24) is 9.97 Å². The quantitative estimate of drug-likeness (QED) is 0.909. The van der Waals surface area contributed by atoms with Crippen molar-refractivity contribution in [2.24, 2.45) is 0 Å². The van der Waals surface area contributed by atoms with Gasteiger partial charge in [0.05, 0.1) is 10.6 Å². The predicted octanol–water partition coefficient (Wildman–Crippen LogP) is 4.37. The van der Waals surface area contributed by atoms with E-state index in [4.69, 9.17) is 11.6 Å². The summed E-state index contributed by atoms with van der Waals surface area (Å²) in [6, 6.07) is 4.84. The zero-order chi connectivity index (χ0) is 14.7. The summed E-state index contributed by atoms with van der Waals surface area (Å²) in [5.41, 5.74) is 2.12. The highest BCUT2D eigenvalue weighted by atomic mass is 35.5. The molecule has 1 aromatic carbocycles. The largest absolute Gasteiger partial charge is 0.370 e. The Morgan fingerprint density at radius 2 is 2.00 bits per heavy atom. The van der Waals surface area contributed by atoms with E-state index in [2.05, 4.69) is 22.2 Å². The molecule has 0 fully saturated rings. The third-order valence-electron chi connectivity index (χ3n) is 3.12. The van der Waals surface area contributed by atoms with Crippen LogP contribution in [0.25, 0.3) is 11.4 Å². The molecule has 0 aliphatic heterocycles. The van der Waals surface area contributed by atoms with Gasteiger partial charge in [-0.25, -0.2) is 14.4 Å². The molecule has 1 N–H and O–H groups in total. The Morgan fingerprint density at radius 1 is 1.25 bits per heavy atom. The first-order chi connectivity index (χ1) is 9.54. The minimum Gasteiger partial charge on any atom is -0.370 e. The van der Waals surface area contributed by atoms with E-state index in [1.165, 1.54) is 6.07 Å². The lowest BCUT2D eigenvalue weighted by atomic mass is 10.1. The van der Waals surface area contributed by atoms with Gasteiger partial charge in [-0.1, -0.05) is 24.6 Å². The Morgan fingerprint density at radius 3 is 2.70 bits per heavy atom. The van der Waals surface area contributed by atoms with E-state index in [0.29, 0.717) is 11.4 Å². The van der Waals surface area contributed by atoms with E-state index in [1.54, 1.807) is 12.1 Å². The van der Waals surface area contributed by atoms with Crippen LogP contribution in [0.15, 0.2) is 18.2 Å². The molecule has 0 radical (unpaired) electrons. The molecular formula is C15H17ClFN3. The lowest BCUT2D eigenvalue weighted by Gasteiger charge is -2.12. The number of hydrogen-bond acceptors (Lipinski definition) is 3. The minimum atomic E-state index is -0.487. The van der Waals surface area contributed by atoms with Crippen molar-refractivity contribution in [3.8, 4) is 11.4 Å². The van der Waals surface area contributed by atoms with Crippen molar-refractivity contribution in [3.05, 3.63) is 40.3 Å². The molecule has 5 heteroatoms. The molecular weight excluding hydrogens is 277 g/mol. The van der Waals surface area contributed by atoms with E-state index >= 15 is 0 Å². The SMILES string of the molecule is CCCNc1nc(-c2cccc(Cl)c2F)nc(C)c1C. The number of nitrogens with one attached hydrogen (secondary N) is 1. The van der Waals surface area contributed by atoms with Crippen LogP contribution in [0.1, 0.15) is 24.6 Å². The number of aromatic nitrogens is 2. The maximum Gasteiger partial charge on any atom is 0.164 e. The molecule has 0 saturated heterocycles. The summed E-state index contributed by atoms with van der Waals surface area (Å²) in [5, 5.41) is 3.32. The van der Waals surface area contributed by atoms with Gasteiger partial charge in [-0.15, -0.1) is 0 Å². The molecule has 0 amide bonds. The average molecular weight is 294 g/mol. The predicted molar refractivity (Wildman–Crippen MR) is 80.7 cm³/mol. The Kier molecular flexibility index (Phi) is 4.55. The van der Waals surface area contributed by atoms with Gasteiger partial charge >= 0.3 is 0 Å². The Labute approximate surface area is 123 Å². The van der Waals surface area contributed by atoms with Crippen molar-refractivity contribution in [2.75, 3.05) is 11.9 Å². The van der Waals surface area contributed by atoms with E-state index in [0.717, 1.165) is 30.0 Å². The van der Waals surface area contributed by atoms with Gasteiger partial charge < -0.3 is 5.32 Å². The van der Waals surface area contributed by atoms with E-state index in [-0.39, 0.29) is 5.02 Å². The summed E-state index contributed by atoms with van der Waals surface area (Å²) in [5.74, 6) is 0.610. The zero-order valence-electron chi connectivity index (χ0n) is 11.8. The molecule has 1 aromatic heterocycles. The molecule has 0 aliphatic carbocycles. The fraction of sp³-hybridized carbons (Fsp3) is 0.333. The first-order valence-corrected chi connectivity index (χ1v) is 6.96. The standard InChI is InChI=1S/C15H17ClFN3/c1-4-8-18-14-9(2)10(3)19-15(20-14)11-6-5-7-12(16)13(11)17/h5-7H,4,8H2,1-3H3,(H,18,19,20). The first kappa shape index (κ1) is 14.7. The average Bonchev–Trinajstić information content (AvgIpc) is 2.43. The molecule has 0 bridgehead atoms. The summed E-state index contributed by atoms with van der Waals surface area (Å²) in [6.45, 7) is 6.73. The molecule has 3 nitrogen and oxygen atoms in total. The van der Waals surface area contributed by atoms with Crippen molar-refractivity contribution in [1.29, 1.82) is 0 Å². The third-order valence-corrected chi connectivity index (χ3v) is 3.42. The van der Waals surface area contributed by atoms with E-state index in [1.807, 2.05) is 13.8 Å². The van der Waals surface area contributed by atoms with Gasteiger partial charge in [0.25, 0.3) is 0 Å². The maximum atomic E-state index is 14.1. The maximum absolute atomic E-state index is 14.1. The first-order valence-electron chi connectivity index (χ1n) is 6.58. The number of benzene rings is 1. The van der Waals surface area contributed by atoms with Crippen LogP contribution >= 0.6 is 11.6 Å². The molecule has 2 rings (SSSR count). The normalized spacial score (nSPS) is 10.7. The second-order valence-corrected chi connectivity index (χ2v) is 5.04. The Bertz CT molecular complexity index is 629. The van der Waals surface area contributed by atoms with Crippen LogP contribution in [0, 0.1) is 19.7 Å².